The van der Waals surface area contributed by atoms with Crippen LogP contribution in [0, 0.1) is 4.51 Å². The Hall–Kier alpha value is -2.25. The Morgan fingerprint density at radius 1 is 1.48 bits per heavy atom. The number of nitrogens with one attached hydrogen (secondary N) is 2. The molecule has 6 nitrogen and oxygen atoms in total. The lowest BCUT2D eigenvalue weighted by molar-refractivity contribution is 0.0510. The number of hydrogen-bond acceptors (Lipinski definition) is 5. The van der Waals surface area contributed by atoms with Gasteiger partial charge in [0.1, 0.15) is 5.69 Å². The molecule has 0 aliphatic rings. The molecule has 7 heteroatoms. The smallest absolute Gasteiger partial charge is 0.269 e. The number of pyridine rings is 2. The first-order valence-corrected chi connectivity index (χ1v) is 6.60. The number of aromatic amines is 1. The number of carbonyl (C=O) groups is 1. The van der Waals surface area contributed by atoms with Gasteiger partial charge < -0.3 is 19.8 Å². The van der Waals surface area contributed by atoms with Crippen molar-refractivity contribution in [1.29, 1.82) is 0 Å². The third kappa shape index (κ3) is 3.45. The topological polar surface area (TPSA) is 76.2 Å². The first kappa shape index (κ1) is 15.1. The summed E-state index contributed by atoms with van der Waals surface area (Å²) in [6.45, 7) is 0.0852. The van der Waals surface area contributed by atoms with Gasteiger partial charge in [0.25, 0.3) is 5.91 Å². The van der Waals surface area contributed by atoms with Crippen LogP contribution in [-0.2, 0) is 4.74 Å². The number of nitrogens with zero attached hydrogens (tertiary/aromatic N) is 1. The van der Waals surface area contributed by atoms with Crippen LogP contribution in [0.1, 0.15) is 10.5 Å². The Kier molecular flexibility index (Phi) is 5.02. The molecular weight excluding hydrogens is 290 g/mol. The van der Waals surface area contributed by atoms with Gasteiger partial charge in [-0.1, -0.05) is 12.2 Å². The summed E-state index contributed by atoms with van der Waals surface area (Å²) in [6, 6.07) is 5.16. The first-order valence-electron chi connectivity index (χ1n) is 6.19. The normalized spacial score (nSPS) is 10.2. The Morgan fingerprint density at radius 2 is 2.29 bits per heavy atom. The van der Waals surface area contributed by atoms with Gasteiger partial charge in [0, 0.05) is 32.1 Å². The van der Waals surface area contributed by atoms with Crippen molar-refractivity contribution in [2.24, 2.45) is 0 Å². The molecule has 0 saturated carbocycles. The average Bonchev–Trinajstić information content (AvgIpc) is 2.53. The molecule has 0 bridgehead atoms. The van der Waals surface area contributed by atoms with Gasteiger partial charge in [0.15, 0.2) is 12.5 Å². The molecule has 0 aliphatic carbocycles. The van der Waals surface area contributed by atoms with Crippen LogP contribution in [-0.4, -0.2) is 36.8 Å². The van der Waals surface area contributed by atoms with E-state index in [1.807, 2.05) is 0 Å². The maximum atomic E-state index is 11.7. The zero-order chi connectivity index (χ0) is 15.2. The molecule has 1 amide bonds. The van der Waals surface area contributed by atoms with Gasteiger partial charge in [-0.05, 0) is 18.2 Å². The predicted molar refractivity (Wildman–Crippen MR) is 80.8 cm³/mol. The molecule has 0 saturated heterocycles. The van der Waals surface area contributed by atoms with Gasteiger partial charge in [0.2, 0.25) is 0 Å². The molecule has 2 N–H and O–H groups in total. The molecular formula is C14H15N3O3S. The Labute approximate surface area is 127 Å². The van der Waals surface area contributed by atoms with E-state index in [1.165, 1.54) is 7.11 Å². The summed E-state index contributed by atoms with van der Waals surface area (Å²) in [5.74, 6) is 0.245. The minimum atomic E-state index is -0.259. The lowest BCUT2D eigenvalue weighted by Gasteiger charge is -2.11. The molecule has 2 rings (SSSR count). The van der Waals surface area contributed by atoms with E-state index in [-0.39, 0.29) is 12.7 Å². The third-order valence-corrected chi connectivity index (χ3v) is 3.06. The van der Waals surface area contributed by atoms with Gasteiger partial charge in [-0.15, -0.1) is 0 Å². The van der Waals surface area contributed by atoms with Gasteiger partial charge in [-0.2, -0.15) is 0 Å². The number of amides is 1. The third-order valence-electron chi connectivity index (χ3n) is 2.74. The highest BCUT2D eigenvalue weighted by molar-refractivity contribution is 7.71. The van der Waals surface area contributed by atoms with Crippen molar-refractivity contribution in [3.05, 3.63) is 40.8 Å². The van der Waals surface area contributed by atoms with Gasteiger partial charge in [-0.25, -0.2) is 0 Å². The van der Waals surface area contributed by atoms with Crippen LogP contribution in [0.15, 0.2) is 30.6 Å². The summed E-state index contributed by atoms with van der Waals surface area (Å²) in [4.78, 5) is 18.8. The number of hydrogen-bond donors (Lipinski definition) is 2. The minimum absolute atomic E-state index is 0.0852. The number of H-pyrrole nitrogens is 1. The lowest BCUT2D eigenvalue weighted by atomic mass is 10.1. The molecule has 2 aromatic rings. The summed E-state index contributed by atoms with van der Waals surface area (Å²) in [7, 11) is 3.09. The van der Waals surface area contributed by atoms with E-state index in [0.717, 1.165) is 5.56 Å². The number of methoxy groups -OCH3 is 1. The van der Waals surface area contributed by atoms with Gasteiger partial charge >= 0.3 is 0 Å². The second kappa shape index (κ2) is 6.96. The van der Waals surface area contributed by atoms with Crippen LogP contribution >= 0.6 is 12.2 Å². The number of carbonyl (C=O) groups excluding carboxylic acids is 1. The van der Waals surface area contributed by atoms with Crippen molar-refractivity contribution >= 4 is 18.1 Å². The SMILES string of the molecule is CNC(=O)c1cc(-c2[nH]ccc(=S)c2OCOC)ccn1. The molecule has 0 atom stereocenters. The fourth-order valence-electron chi connectivity index (χ4n) is 1.78. The maximum absolute atomic E-state index is 11.7. The largest absolute Gasteiger partial charge is 0.464 e. The van der Waals surface area contributed by atoms with Crippen molar-refractivity contribution < 1.29 is 14.3 Å². The summed E-state index contributed by atoms with van der Waals surface area (Å²) in [6.07, 6.45) is 3.28. The lowest BCUT2D eigenvalue weighted by Crippen LogP contribution is -2.19. The fourth-order valence-corrected chi connectivity index (χ4v) is 2.01. The second-order valence-electron chi connectivity index (χ2n) is 4.11. The molecule has 0 radical (unpaired) electrons. The quantitative estimate of drug-likeness (QED) is 0.654. The van der Waals surface area contributed by atoms with Gasteiger partial charge in [-0.3, -0.25) is 9.78 Å². The molecule has 0 fully saturated rings. The number of ether oxygens (including phenoxy) is 2. The van der Waals surface area contributed by atoms with E-state index < -0.39 is 0 Å². The maximum Gasteiger partial charge on any atom is 0.269 e. The monoisotopic (exact) mass is 305 g/mol. The zero-order valence-electron chi connectivity index (χ0n) is 11.7. The van der Waals surface area contributed by atoms with Crippen molar-refractivity contribution in [2.45, 2.75) is 0 Å². The van der Waals surface area contributed by atoms with Crippen LogP contribution in [0.2, 0.25) is 0 Å². The highest BCUT2D eigenvalue weighted by atomic mass is 32.1. The highest BCUT2D eigenvalue weighted by Gasteiger charge is 2.12. The molecule has 2 heterocycles. The van der Waals surface area contributed by atoms with E-state index >= 15 is 0 Å². The summed E-state index contributed by atoms with van der Waals surface area (Å²) in [5, 5.41) is 2.54. The fraction of sp³-hybridized carbons (Fsp3) is 0.214. The van der Waals surface area contributed by atoms with Crippen molar-refractivity contribution in [2.75, 3.05) is 21.0 Å². The summed E-state index contributed by atoms with van der Waals surface area (Å²) >= 11 is 5.26. The number of aromatic nitrogens is 2. The molecule has 0 aliphatic heterocycles. The van der Waals surface area contributed by atoms with Crippen LogP contribution in [0.3, 0.4) is 0 Å². The standard InChI is InChI=1S/C14H15N3O3S/c1-15-14(18)10-7-9(3-5-16-10)12-13(20-8-19-2)11(21)4-6-17-12/h3-7H,8H2,1-2H3,(H,15,18)(H,17,21). The molecule has 0 aromatic carbocycles. The summed E-state index contributed by atoms with van der Waals surface area (Å²) < 4.78 is 11.0. The highest BCUT2D eigenvalue weighted by Crippen LogP contribution is 2.29. The zero-order valence-corrected chi connectivity index (χ0v) is 12.5. The minimum Gasteiger partial charge on any atom is -0.464 e. The van der Waals surface area contributed by atoms with Crippen LogP contribution in [0.25, 0.3) is 11.3 Å². The van der Waals surface area contributed by atoms with Crippen LogP contribution in [0.4, 0.5) is 0 Å². The van der Waals surface area contributed by atoms with E-state index in [9.17, 15) is 4.79 Å². The second-order valence-corrected chi connectivity index (χ2v) is 4.55. The molecule has 110 valence electrons. The average molecular weight is 305 g/mol. The molecule has 0 spiro atoms. The molecule has 0 unspecified atom stereocenters. The number of rotatable bonds is 5. The Bertz CT molecular complexity index is 700. The van der Waals surface area contributed by atoms with Crippen LogP contribution in [0.5, 0.6) is 5.75 Å². The van der Waals surface area contributed by atoms with E-state index in [2.05, 4.69) is 15.3 Å². The Balaban J connectivity index is 2.49. The van der Waals surface area contributed by atoms with E-state index in [1.54, 1.807) is 37.6 Å². The first-order chi connectivity index (χ1) is 10.2. The van der Waals surface area contributed by atoms with E-state index in [4.69, 9.17) is 21.7 Å². The summed E-state index contributed by atoms with van der Waals surface area (Å²) in [5.41, 5.74) is 1.74. The van der Waals surface area contributed by atoms with Crippen LogP contribution < -0.4 is 10.1 Å². The molecule has 21 heavy (non-hydrogen) atoms. The van der Waals surface area contributed by atoms with Crippen molar-refractivity contribution in [1.82, 2.24) is 15.3 Å². The predicted octanol–water partition coefficient (Wildman–Crippen LogP) is 2.15. The Morgan fingerprint density at radius 3 is 3.00 bits per heavy atom. The van der Waals surface area contributed by atoms with Gasteiger partial charge in [0.05, 0.1) is 10.2 Å². The molecule has 2 aromatic heterocycles. The van der Waals surface area contributed by atoms with Crippen molar-refractivity contribution in [3.63, 3.8) is 0 Å². The van der Waals surface area contributed by atoms with Crippen molar-refractivity contribution in [3.8, 4) is 17.0 Å². The van der Waals surface area contributed by atoms with E-state index in [0.29, 0.717) is 21.6 Å².